The molecule has 1 aromatic heterocycles. The Morgan fingerprint density at radius 2 is 1.88 bits per heavy atom. The minimum atomic E-state index is -0.436. The largest absolute Gasteiger partial charge is 0.506 e. The maximum Gasteiger partial charge on any atom is 0.330 e. The van der Waals surface area contributed by atoms with Crippen molar-refractivity contribution in [2.45, 2.75) is 6.92 Å². The normalized spacial score (nSPS) is 10.5. The summed E-state index contributed by atoms with van der Waals surface area (Å²) in [5.74, 6) is 0.996. The van der Waals surface area contributed by atoms with Crippen LogP contribution in [0.5, 0.6) is 28.9 Å². The zero-order chi connectivity index (χ0) is 18.2. The summed E-state index contributed by atoms with van der Waals surface area (Å²) in [6.07, 6.45) is 4.18. The van der Waals surface area contributed by atoms with Gasteiger partial charge in [0, 0.05) is 12.1 Å². The number of rotatable bonds is 7. The fourth-order valence-corrected chi connectivity index (χ4v) is 1.99. The van der Waals surface area contributed by atoms with Crippen molar-refractivity contribution < 1.29 is 28.8 Å². The van der Waals surface area contributed by atoms with Gasteiger partial charge in [0.15, 0.2) is 11.5 Å². The Bertz CT molecular complexity index is 730. The van der Waals surface area contributed by atoms with Crippen molar-refractivity contribution in [3.63, 3.8) is 0 Å². The zero-order valence-corrected chi connectivity index (χ0v) is 14.2. The first kappa shape index (κ1) is 18.1. The fourth-order valence-electron chi connectivity index (χ4n) is 1.99. The highest BCUT2D eigenvalue weighted by Crippen LogP contribution is 2.41. The molecule has 7 heteroatoms. The Hall–Kier alpha value is -3.22. The molecule has 1 N–H and O–H groups in total. The molecule has 0 fully saturated rings. The van der Waals surface area contributed by atoms with Gasteiger partial charge in [-0.25, -0.2) is 9.78 Å². The van der Waals surface area contributed by atoms with E-state index in [-0.39, 0.29) is 11.6 Å². The molecule has 2 aromatic rings. The number of hydrogen-bond donors (Lipinski definition) is 1. The number of aromatic hydroxyl groups is 1. The third-order valence-corrected chi connectivity index (χ3v) is 3.11. The Morgan fingerprint density at radius 3 is 2.40 bits per heavy atom. The molecule has 0 saturated heterocycles. The van der Waals surface area contributed by atoms with Gasteiger partial charge < -0.3 is 24.1 Å². The highest BCUT2D eigenvalue weighted by Gasteiger charge is 2.15. The van der Waals surface area contributed by atoms with Gasteiger partial charge in [0.1, 0.15) is 5.75 Å². The number of ether oxygens (including phenoxy) is 4. The van der Waals surface area contributed by atoms with Crippen LogP contribution in [0.4, 0.5) is 0 Å². The van der Waals surface area contributed by atoms with Crippen LogP contribution in [0.1, 0.15) is 12.5 Å². The standard InChI is InChI=1S/C18H19NO6/c1-4-24-17(21)8-5-12-9-14(22-2)18(15(10-12)23-3)25-16-7-6-13(20)11-19-16/h5-11,20H,4H2,1-3H3/b8-5+. The first-order valence-electron chi connectivity index (χ1n) is 7.51. The molecule has 1 aromatic carbocycles. The molecule has 7 nitrogen and oxygen atoms in total. The average Bonchev–Trinajstić information content (AvgIpc) is 2.62. The molecule has 0 saturated carbocycles. The van der Waals surface area contributed by atoms with E-state index in [1.54, 1.807) is 25.1 Å². The molecule has 0 aliphatic heterocycles. The summed E-state index contributed by atoms with van der Waals surface area (Å²) in [6, 6.07) is 6.35. The first-order valence-corrected chi connectivity index (χ1v) is 7.51. The van der Waals surface area contributed by atoms with E-state index in [9.17, 15) is 9.90 Å². The van der Waals surface area contributed by atoms with E-state index in [1.807, 2.05) is 0 Å². The molecule has 0 spiro atoms. The highest BCUT2D eigenvalue weighted by atomic mass is 16.5. The lowest BCUT2D eigenvalue weighted by Gasteiger charge is -2.14. The third kappa shape index (κ3) is 4.87. The van der Waals surface area contributed by atoms with Crippen LogP contribution in [0.2, 0.25) is 0 Å². The number of hydrogen-bond acceptors (Lipinski definition) is 7. The maximum absolute atomic E-state index is 11.4. The summed E-state index contributed by atoms with van der Waals surface area (Å²) in [4.78, 5) is 15.4. The topological polar surface area (TPSA) is 87.1 Å². The molecule has 25 heavy (non-hydrogen) atoms. The van der Waals surface area contributed by atoms with Crippen LogP contribution < -0.4 is 14.2 Å². The predicted molar refractivity (Wildman–Crippen MR) is 91.2 cm³/mol. The summed E-state index contributed by atoms with van der Waals surface area (Å²) >= 11 is 0. The minimum Gasteiger partial charge on any atom is -0.506 e. The molecule has 0 amide bonds. The van der Waals surface area contributed by atoms with Gasteiger partial charge in [0.05, 0.1) is 27.0 Å². The van der Waals surface area contributed by atoms with Crippen molar-refractivity contribution in [3.05, 3.63) is 42.1 Å². The highest BCUT2D eigenvalue weighted by molar-refractivity contribution is 5.87. The van der Waals surface area contributed by atoms with E-state index < -0.39 is 5.97 Å². The monoisotopic (exact) mass is 345 g/mol. The third-order valence-electron chi connectivity index (χ3n) is 3.11. The summed E-state index contributed by atoms with van der Waals surface area (Å²) < 4.78 is 21.2. The quantitative estimate of drug-likeness (QED) is 0.609. The number of nitrogens with zero attached hydrogens (tertiary/aromatic N) is 1. The van der Waals surface area contributed by atoms with Crippen molar-refractivity contribution in [1.29, 1.82) is 0 Å². The summed E-state index contributed by atoms with van der Waals surface area (Å²) in [7, 11) is 2.98. The van der Waals surface area contributed by atoms with Crippen LogP contribution in [-0.2, 0) is 9.53 Å². The van der Waals surface area contributed by atoms with E-state index >= 15 is 0 Å². The summed E-state index contributed by atoms with van der Waals surface area (Å²) in [6.45, 7) is 2.05. The Morgan fingerprint density at radius 1 is 1.20 bits per heavy atom. The van der Waals surface area contributed by atoms with E-state index in [4.69, 9.17) is 18.9 Å². The van der Waals surface area contributed by atoms with Gasteiger partial charge in [0.25, 0.3) is 0 Å². The predicted octanol–water partition coefficient (Wildman–Crippen LogP) is 3.17. The number of carbonyl (C=O) groups is 1. The van der Waals surface area contributed by atoms with Crippen LogP contribution in [-0.4, -0.2) is 36.9 Å². The molecule has 0 bridgehead atoms. The van der Waals surface area contributed by atoms with Gasteiger partial charge in [-0.15, -0.1) is 0 Å². The van der Waals surface area contributed by atoms with Crippen LogP contribution >= 0.6 is 0 Å². The van der Waals surface area contributed by atoms with E-state index in [0.29, 0.717) is 29.4 Å². The summed E-state index contributed by atoms with van der Waals surface area (Å²) in [5, 5.41) is 9.29. The maximum atomic E-state index is 11.4. The number of esters is 1. The van der Waals surface area contributed by atoms with Crippen molar-refractivity contribution in [2.24, 2.45) is 0 Å². The van der Waals surface area contributed by atoms with Crippen molar-refractivity contribution in [1.82, 2.24) is 4.98 Å². The molecular weight excluding hydrogens is 326 g/mol. The molecule has 0 radical (unpaired) electrons. The molecule has 0 unspecified atom stereocenters. The van der Waals surface area contributed by atoms with Gasteiger partial charge in [-0.05, 0) is 36.8 Å². The van der Waals surface area contributed by atoms with Gasteiger partial charge in [0.2, 0.25) is 11.6 Å². The second-order valence-corrected chi connectivity index (χ2v) is 4.80. The molecule has 2 rings (SSSR count). The van der Waals surface area contributed by atoms with Gasteiger partial charge >= 0.3 is 5.97 Å². The van der Waals surface area contributed by atoms with Crippen LogP contribution in [0.3, 0.4) is 0 Å². The van der Waals surface area contributed by atoms with Crippen molar-refractivity contribution >= 4 is 12.0 Å². The van der Waals surface area contributed by atoms with Crippen molar-refractivity contribution in [3.8, 4) is 28.9 Å². The Balaban J connectivity index is 2.33. The number of methoxy groups -OCH3 is 2. The van der Waals surface area contributed by atoms with Gasteiger partial charge in [-0.2, -0.15) is 0 Å². The molecule has 0 aliphatic rings. The molecular formula is C18H19NO6. The van der Waals surface area contributed by atoms with Crippen molar-refractivity contribution in [2.75, 3.05) is 20.8 Å². The zero-order valence-electron chi connectivity index (χ0n) is 14.2. The van der Waals surface area contributed by atoms with E-state index in [2.05, 4.69) is 4.98 Å². The Kier molecular flexibility index (Phi) is 6.22. The lowest BCUT2D eigenvalue weighted by atomic mass is 10.1. The molecule has 132 valence electrons. The fraction of sp³-hybridized carbons (Fsp3) is 0.222. The van der Waals surface area contributed by atoms with Crippen LogP contribution in [0.15, 0.2) is 36.5 Å². The lowest BCUT2D eigenvalue weighted by Crippen LogP contribution is -1.99. The van der Waals surface area contributed by atoms with Gasteiger partial charge in [-0.1, -0.05) is 0 Å². The Labute approximate surface area is 145 Å². The molecule has 1 heterocycles. The van der Waals surface area contributed by atoms with Crippen LogP contribution in [0, 0.1) is 0 Å². The summed E-state index contributed by atoms with van der Waals surface area (Å²) in [5.41, 5.74) is 0.674. The van der Waals surface area contributed by atoms with Gasteiger partial charge in [-0.3, -0.25) is 0 Å². The van der Waals surface area contributed by atoms with E-state index in [0.717, 1.165) is 0 Å². The minimum absolute atomic E-state index is 0.0331. The lowest BCUT2D eigenvalue weighted by molar-refractivity contribution is -0.137. The first-order chi connectivity index (χ1) is 12.1. The van der Waals surface area contributed by atoms with E-state index in [1.165, 1.54) is 38.6 Å². The SMILES string of the molecule is CCOC(=O)/C=C/c1cc(OC)c(Oc2ccc(O)cn2)c(OC)c1. The van der Waals surface area contributed by atoms with Crippen LogP contribution in [0.25, 0.3) is 6.08 Å². The second kappa shape index (κ2) is 8.58. The molecule has 0 aliphatic carbocycles. The number of benzene rings is 1. The average molecular weight is 345 g/mol. The number of carbonyl (C=O) groups excluding carboxylic acids is 1. The number of pyridine rings is 1. The smallest absolute Gasteiger partial charge is 0.330 e. The number of aromatic nitrogens is 1. The second-order valence-electron chi connectivity index (χ2n) is 4.80. The molecule has 0 atom stereocenters.